The molecular weight excluding hydrogens is 362 g/mol. The predicted octanol–water partition coefficient (Wildman–Crippen LogP) is 1.00. The minimum atomic E-state index is -1.03. The van der Waals surface area contributed by atoms with E-state index in [-0.39, 0.29) is 24.4 Å². The van der Waals surface area contributed by atoms with E-state index in [4.69, 9.17) is 5.11 Å². The second-order valence-electron chi connectivity index (χ2n) is 7.35. The number of nitrogens with zero attached hydrogens (tertiary/aromatic N) is 5. The minimum Gasteiger partial charge on any atom is -0.480 e. The summed E-state index contributed by atoms with van der Waals surface area (Å²) in [4.78, 5) is 49.9. The van der Waals surface area contributed by atoms with Crippen LogP contribution in [0.15, 0.2) is 12.3 Å². The number of anilines is 1. The van der Waals surface area contributed by atoms with Gasteiger partial charge in [0.1, 0.15) is 12.2 Å². The average Bonchev–Trinajstić information content (AvgIpc) is 3.11. The number of amides is 2. The number of carbonyl (C=O) groups is 3. The second kappa shape index (κ2) is 8.99. The lowest BCUT2D eigenvalue weighted by Gasteiger charge is -2.28. The van der Waals surface area contributed by atoms with Crippen molar-refractivity contribution in [2.45, 2.75) is 45.1 Å². The SMILES string of the molecule is CC(=O)N(CC(=O)O)C1CCCN(C(=O)c2ccnc(N3CCCC3)n2)CC1. The quantitative estimate of drug-likeness (QED) is 0.801. The molecule has 2 aliphatic rings. The summed E-state index contributed by atoms with van der Waals surface area (Å²) in [7, 11) is 0. The van der Waals surface area contributed by atoms with E-state index >= 15 is 0 Å². The van der Waals surface area contributed by atoms with Crippen LogP contribution in [0.25, 0.3) is 0 Å². The smallest absolute Gasteiger partial charge is 0.323 e. The van der Waals surface area contributed by atoms with Crippen molar-refractivity contribution < 1.29 is 19.5 Å². The van der Waals surface area contributed by atoms with Crippen molar-refractivity contribution in [3.63, 3.8) is 0 Å². The van der Waals surface area contributed by atoms with Crippen LogP contribution in [0.2, 0.25) is 0 Å². The summed E-state index contributed by atoms with van der Waals surface area (Å²) in [6.07, 6.45) is 5.79. The molecule has 0 aliphatic carbocycles. The van der Waals surface area contributed by atoms with Gasteiger partial charge in [0.15, 0.2) is 0 Å². The van der Waals surface area contributed by atoms with E-state index in [2.05, 4.69) is 14.9 Å². The van der Waals surface area contributed by atoms with E-state index in [1.807, 2.05) is 0 Å². The molecule has 2 fully saturated rings. The van der Waals surface area contributed by atoms with Crippen LogP contribution >= 0.6 is 0 Å². The predicted molar refractivity (Wildman–Crippen MR) is 102 cm³/mol. The van der Waals surface area contributed by atoms with E-state index < -0.39 is 5.97 Å². The lowest BCUT2D eigenvalue weighted by Crippen LogP contribution is -2.43. The van der Waals surface area contributed by atoms with Gasteiger partial charge in [-0.1, -0.05) is 0 Å². The molecule has 0 spiro atoms. The van der Waals surface area contributed by atoms with Crippen LogP contribution in [0.4, 0.5) is 5.95 Å². The molecule has 9 nitrogen and oxygen atoms in total. The summed E-state index contributed by atoms with van der Waals surface area (Å²) >= 11 is 0. The summed E-state index contributed by atoms with van der Waals surface area (Å²) in [5, 5.41) is 9.06. The van der Waals surface area contributed by atoms with Crippen molar-refractivity contribution >= 4 is 23.7 Å². The number of carbonyl (C=O) groups excluding carboxylic acids is 2. The summed E-state index contributed by atoms with van der Waals surface area (Å²) in [5.74, 6) is -0.822. The summed E-state index contributed by atoms with van der Waals surface area (Å²) in [6.45, 7) is 3.94. The molecule has 0 aromatic carbocycles. The Morgan fingerprint density at radius 2 is 1.89 bits per heavy atom. The average molecular weight is 389 g/mol. The van der Waals surface area contributed by atoms with Gasteiger partial charge in [-0.3, -0.25) is 14.4 Å². The molecule has 3 heterocycles. The Kier molecular flexibility index (Phi) is 6.43. The fourth-order valence-electron chi connectivity index (χ4n) is 3.94. The fourth-order valence-corrected chi connectivity index (χ4v) is 3.94. The molecule has 1 atom stereocenters. The third-order valence-electron chi connectivity index (χ3n) is 5.39. The highest BCUT2D eigenvalue weighted by Crippen LogP contribution is 2.20. The maximum absolute atomic E-state index is 13.0. The lowest BCUT2D eigenvalue weighted by molar-refractivity contribution is -0.145. The van der Waals surface area contributed by atoms with Crippen molar-refractivity contribution in [3.05, 3.63) is 18.0 Å². The molecule has 152 valence electrons. The molecule has 3 rings (SSSR count). The van der Waals surface area contributed by atoms with Gasteiger partial charge in [0, 0.05) is 45.3 Å². The molecule has 0 saturated carbocycles. The molecule has 1 aromatic heterocycles. The van der Waals surface area contributed by atoms with Gasteiger partial charge < -0.3 is 19.8 Å². The Balaban J connectivity index is 1.66. The Morgan fingerprint density at radius 1 is 1.14 bits per heavy atom. The summed E-state index contributed by atoms with van der Waals surface area (Å²) < 4.78 is 0. The van der Waals surface area contributed by atoms with Gasteiger partial charge in [-0.05, 0) is 38.2 Å². The van der Waals surface area contributed by atoms with E-state index in [9.17, 15) is 14.4 Å². The standard InChI is InChI=1S/C19H27N5O4/c1-14(25)24(13-17(26)27)15-5-4-11-22(12-7-15)18(28)16-6-8-20-19(21-16)23-9-2-3-10-23/h6,8,15H,2-5,7,9-13H2,1H3,(H,26,27). The molecule has 0 bridgehead atoms. The number of rotatable bonds is 5. The number of hydrogen-bond donors (Lipinski definition) is 1. The number of likely N-dealkylation sites (tertiary alicyclic amines) is 1. The summed E-state index contributed by atoms with van der Waals surface area (Å²) in [5.41, 5.74) is 0.379. The van der Waals surface area contributed by atoms with Crippen molar-refractivity contribution in [1.29, 1.82) is 0 Å². The van der Waals surface area contributed by atoms with Crippen LogP contribution in [0.1, 0.15) is 49.5 Å². The van der Waals surface area contributed by atoms with E-state index in [0.717, 1.165) is 25.9 Å². The minimum absolute atomic E-state index is 0.142. The van der Waals surface area contributed by atoms with Crippen molar-refractivity contribution in [2.75, 3.05) is 37.6 Å². The first-order chi connectivity index (χ1) is 13.5. The largest absolute Gasteiger partial charge is 0.480 e. The van der Waals surface area contributed by atoms with Gasteiger partial charge in [-0.2, -0.15) is 0 Å². The van der Waals surface area contributed by atoms with Crippen LogP contribution in [-0.2, 0) is 9.59 Å². The highest BCUT2D eigenvalue weighted by Gasteiger charge is 2.28. The van der Waals surface area contributed by atoms with Crippen LogP contribution in [0.3, 0.4) is 0 Å². The van der Waals surface area contributed by atoms with Crippen LogP contribution in [0.5, 0.6) is 0 Å². The maximum Gasteiger partial charge on any atom is 0.323 e. The van der Waals surface area contributed by atoms with Gasteiger partial charge in [-0.15, -0.1) is 0 Å². The Morgan fingerprint density at radius 3 is 2.57 bits per heavy atom. The zero-order chi connectivity index (χ0) is 20.1. The Hall–Kier alpha value is -2.71. The first-order valence-electron chi connectivity index (χ1n) is 9.82. The second-order valence-corrected chi connectivity index (χ2v) is 7.35. The molecule has 2 saturated heterocycles. The fraction of sp³-hybridized carbons (Fsp3) is 0.632. The molecule has 1 N–H and O–H groups in total. The van der Waals surface area contributed by atoms with E-state index in [0.29, 0.717) is 44.0 Å². The van der Waals surface area contributed by atoms with Crippen molar-refractivity contribution in [1.82, 2.24) is 19.8 Å². The zero-order valence-electron chi connectivity index (χ0n) is 16.2. The number of hydrogen-bond acceptors (Lipinski definition) is 6. The van der Waals surface area contributed by atoms with Gasteiger partial charge in [0.25, 0.3) is 5.91 Å². The molecule has 1 unspecified atom stereocenters. The van der Waals surface area contributed by atoms with Gasteiger partial charge in [0.05, 0.1) is 0 Å². The molecule has 9 heteroatoms. The zero-order valence-corrected chi connectivity index (χ0v) is 16.2. The number of aliphatic carboxylic acids is 1. The third-order valence-corrected chi connectivity index (χ3v) is 5.39. The molecule has 28 heavy (non-hydrogen) atoms. The Labute approximate surface area is 164 Å². The Bertz CT molecular complexity index is 735. The van der Waals surface area contributed by atoms with Gasteiger partial charge in [-0.25, -0.2) is 9.97 Å². The van der Waals surface area contributed by atoms with Crippen molar-refractivity contribution in [2.24, 2.45) is 0 Å². The number of carboxylic acids is 1. The van der Waals surface area contributed by atoms with Crippen LogP contribution in [-0.4, -0.2) is 81.4 Å². The van der Waals surface area contributed by atoms with Crippen LogP contribution in [0, 0.1) is 0 Å². The normalized spacial score (nSPS) is 20.0. The monoisotopic (exact) mass is 389 g/mol. The number of carboxylic acid groups (broad SMARTS) is 1. The first-order valence-corrected chi connectivity index (χ1v) is 9.82. The number of aromatic nitrogens is 2. The topological polar surface area (TPSA) is 107 Å². The highest BCUT2D eigenvalue weighted by molar-refractivity contribution is 5.92. The molecule has 2 aliphatic heterocycles. The maximum atomic E-state index is 13.0. The molecule has 2 amide bonds. The molecule has 0 radical (unpaired) electrons. The first kappa shape index (κ1) is 20.0. The molecular formula is C19H27N5O4. The van der Waals surface area contributed by atoms with Crippen molar-refractivity contribution in [3.8, 4) is 0 Å². The van der Waals surface area contributed by atoms with Crippen LogP contribution < -0.4 is 4.90 Å². The van der Waals surface area contributed by atoms with Gasteiger partial charge >= 0.3 is 5.97 Å². The summed E-state index contributed by atoms with van der Waals surface area (Å²) in [6, 6.07) is 1.47. The highest BCUT2D eigenvalue weighted by atomic mass is 16.4. The van der Waals surface area contributed by atoms with E-state index in [1.54, 1.807) is 17.2 Å². The third kappa shape index (κ3) is 4.76. The van der Waals surface area contributed by atoms with E-state index in [1.165, 1.54) is 11.8 Å². The molecule has 1 aromatic rings. The lowest BCUT2D eigenvalue weighted by atomic mass is 10.1. The van der Waals surface area contributed by atoms with Gasteiger partial charge in [0.2, 0.25) is 11.9 Å².